The lowest BCUT2D eigenvalue weighted by atomic mass is 10.1. The van der Waals surface area contributed by atoms with Crippen LogP contribution in [0.1, 0.15) is 5.56 Å². The molecule has 1 amide bonds. The van der Waals surface area contributed by atoms with Crippen molar-refractivity contribution in [2.75, 3.05) is 5.32 Å². The molecule has 0 unspecified atom stereocenters. The van der Waals surface area contributed by atoms with Gasteiger partial charge in [-0.15, -0.1) is 0 Å². The standard InChI is InChI=1S/C15H11F3N4O3S/c1-21-13(24)12-10(7-26-20-12)22(14(21)25)6-11(23)19-9-5-3-2-4-8(9)15(16,17)18/h2-5,7H,6H2,1H3,(H,19,23). The zero-order chi connectivity index (χ0) is 19.1. The number of aromatic nitrogens is 3. The van der Waals surface area contributed by atoms with Gasteiger partial charge in [0.1, 0.15) is 6.54 Å². The third kappa shape index (κ3) is 3.12. The summed E-state index contributed by atoms with van der Waals surface area (Å²) in [5.74, 6) is -0.838. The Morgan fingerprint density at radius 3 is 2.65 bits per heavy atom. The number of halogens is 3. The number of hydrogen-bond acceptors (Lipinski definition) is 5. The van der Waals surface area contributed by atoms with Crippen LogP contribution in [0, 0.1) is 0 Å². The van der Waals surface area contributed by atoms with Crippen LogP contribution in [-0.4, -0.2) is 19.4 Å². The maximum atomic E-state index is 13.0. The van der Waals surface area contributed by atoms with Crippen molar-refractivity contribution in [1.29, 1.82) is 0 Å². The molecular formula is C15H11F3N4O3S. The van der Waals surface area contributed by atoms with E-state index in [1.54, 1.807) is 0 Å². The summed E-state index contributed by atoms with van der Waals surface area (Å²) in [6.45, 7) is -0.561. The fourth-order valence-corrected chi connectivity index (χ4v) is 3.10. The highest BCUT2D eigenvalue weighted by atomic mass is 32.1. The van der Waals surface area contributed by atoms with Crippen LogP contribution in [0.4, 0.5) is 18.9 Å². The number of nitrogens with zero attached hydrogens (tertiary/aromatic N) is 3. The third-order valence-corrected chi connectivity index (χ3v) is 4.29. The number of alkyl halides is 3. The lowest BCUT2D eigenvalue weighted by Gasteiger charge is -2.14. The topological polar surface area (TPSA) is 86.0 Å². The molecule has 0 aliphatic rings. The minimum atomic E-state index is -4.64. The first-order chi connectivity index (χ1) is 12.2. The van der Waals surface area contributed by atoms with Gasteiger partial charge in [0.2, 0.25) is 5.91 Å². The molecule has 2 heterocycles. The van der Waals surface area contributed by atoms with E-state index in [9.17, 15) is 27.6 Å². The fraction of sp³-hybridized carbons (Fsp3) is 0.200. The predicted molar refractivity (Wildman–Crippen MR) is 89.2 cm³/mol. The van der Waals surface area contributed by atoms with E-state index >= 15 is 0 Å². The van der Waals surface area contributed by atoms with Gasteiger partial charge in [-0.3, -0.25) is 18.7 Å². The maximum Gasteiger partial charge on any atom is 0.418 e. The summed E-state index contributed by atoms with van der Waals surface area (Å²) in [5.41, 5.74) is -2.61. The quantitative estimate of drug-likeness (QED) is 0.746. The van der Waals surface area contributed by atoms with Gasteiger partial charge in [0.25, 0.3) is 5.56 Å². The number of carbonyl (C=O) groups excluding carboxylic acids is 1. The Balaban J connectivity index is 1.96. The van der Waals surface area contributed by atoms with Crippen LogP contribution >= 0.6 is 11.5 Å². The highest BCUT2D eigenvalue weighted by Crippen LogP contribution is 2.34. The molecule has 0 fully saturated rings. The van der Waals surface area contributed by atoms with Crippen LogP contribution in [0.5, 0.6) is 0 Å². The van der Waals surface area contributed by atoms with Gasteiger partial charge < -0.3 is 5.32 Å². The minimum absolute atomic E-state index is 0.0144. The van der Waals surface area contributed by atoms with E-state index in [-0.39, 0.29) is 11.0 Å². The lowest BCUT2D eigenvalue weighted by molar-refractivity contribution is -0.137. The summed E-state index contributed by atoms with van der Waals surface area (Å²) in [6, 6.07) is 4.52. The summed E-state index contributed by atoms with van der Waals surface area (Å²) in [7, 11) is 1.23. The van der Waals surface area contributed by atoms with Crippen molar-refractivity contribution in [3.63, 3.8) is 0 Å². The van der Waals surface area contributed by atoms with E-state index < -0.39 is 41.1 Å². The summed E-state index contributed by atoms with van der Waals surface area (Å²) in [5, 5.41) is 3.59. The monoisotopic (exact) mass is 384 g/mol. The Morgan fingerprint density at radius 1 is 1.27 bits per heavy atom. The zero-order valence-electron chi connectivity index (χ0n) is 13.2. The number of para-hydroxylation sites is 1. The van der Waals surface area contributed by atoms with Crippen molar-refractivity contribution in [2.45, 2.75) is 12.7 Å². The molecule has 0 bridgehead atoms. The molecule has 0 atom stereocenters. The van der Waals surface area contributed by atoms with Gasteiger partial charge in [0, 0.05) is 12.4 Å². The molecule has 0 radical (unpaired) electrons. The summed E-state index contributed by atoms with van der Waals surface area (Å²) in [6.07, 6.45) is -4.64. The van der Waals surface area contributed by atoms with E-state index in [1.807, 2.05) is 0 Å². The molecule has 26 heavy (non-hydrogen) atoms. The van der Waals surface area contributed by atoms with Crippen LogP contribution in [0.15, 0.2) is 39.2 Å². The lowest BCUT2D eigenvalue weighted by Crippen LogP contribution is -2.40. The average Bonchev–Trinajstić information content (AvgIpc) is 3.06. The Labute approximate surface area is 147 Å². The fourth-order valence-electron chi connectivity index (χ4n) is 2.43. The van der Waals surface area contributed by atoms with Gasteiger partial charge in [-0.1, -0.05) is 12.1 Å². The number of fused-ring (bicyclic) bond motifs is 1. The molecule has 0 aliphatic heterocycles. The van der Waals surface area contributed by atoms with Crippen molar-refractivity contribution < 1.29 is 18.0 Å². The normalized spacial score (nSPS) is 11.7. The molecule has 1 N–H and O–H groups in total. The Bertz CT molecular complexity index is 1110. The van der Waals surface area contributed by atoms with Gasteiger partial charge in [0.15, 0.2) is 5.52 Å². The van der Waals surface area contributed by atoms with Crippen molar-refractivity contribution in [3.05, 3.63) is 56.0 Å². The highest BCUT2D eigenvalue weighted by molar-refractivity contribution is 7.04. The Kier molecular flexibility index (Phi) is 4.40. The van der Waals surface area contributed by atoms with Crippen LogP contribution < -0.4 is 16.6 Å². The number of carbonyl (C=O) groups is 1. The molecule has 7 nitrogen and oxygen atoms in total. The largest absolute Gasteiger partial charge is 0.418 e. The first-order valence-corrected chi connectivity index (χ1v) is 8.04. The SMILES string of the molecule is Cn1c(=O)c2nscc2n(CC(=O)Nc2ccccc2C(F)(F)F)c1=O. The molecule has 0 saturated heterocycles. The van der Waals surface area contributed by atoms with Crippen LogP contribution in [0.3, 0.4) is 0 Å². The number of nitrogens with one attached hydrogen (secondary N) is 1. The second-order valence-corrected chi connectivity index (χ2v) is 6.00. The first kappa shape index (κ1) is 17.9. The molecule has 0 spiro atoms. The molecule has 1 aromatic carbocycles. The third-order valence-electron chi connectivity index (χ3n) is 3.68. The Morgan fingerprint density at radius 2 is 1.96 bits per heavy atom. The van der Waals surface area contributed by atoms with E-state index in [2.05, 4.69) is 9.69 Å². The van der Waals surface area contributed by atoms with E-state index in [0.29, 0.717) is 0 Å². The van der Waals surface area contributed by atoms with Crippen molar-refractivity contribution >= 4 is 34.2 Å². The number of anilines is 1. The zero-order valence-corrected chi connectivity index (χ0v) is 14.0. The molecule has 3 aromatic rings. The van der Waals surface area contributed by atoms with Crippen molar-refractivity contribution in [2.24, 2.45) is 7.05 Å². The second-order valence-electron chi connectivity index (χ2n) is 5.37. The van der Waals surface area contributed by atoms with Crippen molar-refractivity contribution in [3.8, 4) is 0 Å². The van der Waals surface area contributed by atoms with Gasteiger partial charge in [0.05, 0.1) is 16.8 Å². The molecule has 0 saturated carbocycles. The molecule has 3 rings (SSSR count). The molecule has 0 aliphatic carbocycles. The minimum Gasteiger partial charge on any atom is -0.324 e. The number of hydrogen-bond donors (Lipinski definition) is 1. The van der Waals surface area contributed by atoms with Gasteiger partial charge >= 0.3 is 11.9 Å². The summed E-state index contributed by atoms with van der Waals surface area (Å²) < 4.78 is 44.7. The molecule has 11 heteroatoms. The summed E-state index contributed by atoms with van der Waals surface area (Å²) >= 11 is 0.932. The molecular weight excluding hydrogens is 373 g/mol. The highest BCUT2D eigenvalue weighted by Gasteiger charge is 2.33. The number of rotatable bonds is 3. The van der Waals surface area contributed by atoms with E-state index in [4.69, 9.17) is 0 Å². The van der Waals surface area contributed by atoms with Gasteiger partial charge in [-0.05, 0) is 23.7 Å². The van der Waals surface area contributed by atoms with Crippen LogP contribution in [-0.2, 0) is 24.6 Å². The average molecular weight is 384 g/mol. The van der Waals surface area contributed by atoms with Gasteiger partial charge in [-0.25, -0.2) is 4.79 Å². The van der Waals surface area contributed by atoms with Gasteiger partial charge in [-0.2, -0.15) is 17.5 Å². The maximum absolute atomic E-state index is 13.0. The second kappa shape index (κ2) is 6.41. The van der Waals surface area contributed by atoms with E-state index in [1.165, 1.54) is 24.6 Å². The number of benzene rings is 1. The summed E-state index contributed by atoms with van der Waals surface area (Å²) in [4.78, 5) is 36.5. The van der Waals surface area contributed by atoms with E-state index in [0.717, 1.165) is 32.8 Å². The molecule has 136 valence electrons. The van der Waals surface area contributed by atoms with Crippen molar-refractivity contribution in [1.82, 2.24) is 13.5 Å². The molecule has 2 aromatic heterocycles. The van der Waals surface area contributed by atoms with Crippen LogP contribution in [0.25, 0.3) is 11.0 Å². The predicted octanol–water partition coefficient (Wildman–Crippen LogP) is 1.81. The van der Waals surface area contributed by atoms with Crippen LogP contribution in [0.2, 0.25) is 0 Å². The number of amides is 1. The first-order valence-electron chi connectivity index (χ1n) is 7.20. The Hall–Kier alpha value is -2.95. The smallest absolute Gasteiger partial charge is 0.324 e.